The van der Waals surface area contributed by atoms with Gasteiger partial charge in [-0.05, 0) is 48.0 Å². The second-order valence-electron chi connectivity index (χ2n) is 5.63. The van der Waals surface area contributed by atoms with Gasteiger partial charge in [-0.15, -0.1) is 0 Å². The molecule has 2 N–H and O–H groups in total. The fourth-order valence-electron chi connectivity index (χ4n) is 3.04. The second-order valence-corrected chi connectivity index (χ2v) is 6.49. The number of amides is 1. The monoisotopic (exact) mass is 349 g/mol. The normalized spacial score (nSPS) is 21.1. The zero-order valence-electron chi connectivity index (χ0n) is 12.4. The van der Waals surface area contributed by atoms with Crippen LogP contribution in [0.1, 0.15) is 31.9 Å². The van der Waals surface area contributed by atoms with E-state index in [2.05, 4.69) is 56.6 Å². The fourth-order valence-corrected chi connectivity index (χ4v) is 3.65. The van der Waals surface area contributed by atoms with Crippen molar-refractivity contribution in [1.82, 2.24) is 5.32 Å². The number of benzene rings is 1. The average Bonchev–Trinajstić information content (AvgIpc) is 2.74. The Balaban J connectivity index is 1.94. The fraction of sp³-hybridized carbons (Fsp3) is 0.438. The maximum Gasteiger partial charge on any atom is 0.246 e. The van der Waals surface area contributed by atoms with Crippen molar-refractivity contribution >= 4 is 33.2 Å². The number of nitrogens with one attached hydrogen (secondary N) is 2. The van der Waals surface area contributed by atoms with Crippen molar-refractivity contribution in [2.75, 3.05) is 29.9 Å². The van der Waals surface area contributed by atoms with Crippen LogP contribution in [-0.2, 0) is 4.79 Å². The molecule has 0 aliphatic carbocycles. The highest BCUT2D eigenvalue weighted by Crippen LogP contribution is 2.39. The summed E-state index contributed by atoms with van der Waals surface area (Å²) in [7, 11) is 0. The molecule has 1 amide bonds. The Hall–Kier alpha value is -1.33. The summed E-state index contributed by atoms with van der Waals surface area (Å²) in [6.45, 7) is 6.90. The SMILES string of the molecule is CCNC1C(=O)Nc2cc(N3CCC=C(C)C3)c(Br)cc21. The molecule has 112 valence electrons. The van der Waals surface area contributed by atoms with E-state index in [1.54, 1.807) is 0 Å². The van der Waals surface area contributed by atoms with Gasteiger partial charge in [-0.2, -0.15) is 0 Å². The van der Waals surface area contributed by atoms with Gasteiger partial charge in [0.25, 0.3) is 0 Å². The Kier molecular flexibility index (Phi) is 4.04. The van der Waals surface area contributed by atoms with Crippen LogP contribution >= 0.6 is 15.9 Å². The first-order valence-electron chi connectivity index (χ1n) is 7.38. The molecule has 2 aliphatic rings. The van der Waals surface area contributed by atoms with Gasteiger partial charge >= 0.3 is 0 Å². The molecule has 1 aromatic carbocycles. The lowest BCUT2D eigenvalue weighted by molar-refractivity contribution is -0.117. The summed E-state index contributed by atoms with van der Waals surface area (Å²) in [4.78, 5) is 14.4. The molecule has 2 aliphatic heterocycles. The van der Waals surface area contributed by atoms with Crippen LogP contribution < -0.4 is 15.5 Å². The van der Waals surface area contributed by atoms with Gasteiger partial charge in [0.1, 0.15) is 6.04 Å². The van der Waals surface area contributed by atoms with Gasteiger partial charge in [0.05, 0.1) is 5.69 Å². The summed E-state index contributed by atoms with van der Waals surface area (Å²) in [5.41, 5.74) is 4.50. The molecule has 0 radical (unpaired) electrons. The third kappa shape index (κ3) is 2.72. The Morgan fingerprint density at radius 2 is 2.29 bits per heavy atom. The number of halogens is 1. The quantitative estimate of drug-likeness (QED) is 0.823. The van der Waals surface area contributed by atoms with Gasteiger partial charge in [0.2, 0.25) is 5.91 Å². The van der Waals surface area contributed by atoms with Crippen molar-refractivity contribution in [1.29, 1.82) is 0 Å². The first kappa shape index (κ1) is 14.6. The van der Waals surface area contributed by atoms with Crippen molar-refractivity contribution in [2.45, 2.75) is 26.3 Å². The minimum absolute atomic E-state index is 0.0330. The predicted molar refractivity (Wildman–Crippen MR) is 89.8 cm³/mol. The van der Waals surface area contributed by atoms with Crippen LogP contribution in [0.15, 0.2) is 28.3 Å². The molecule has 0 fully saturated rings. The number of hydrogen-bond acceptors (Lipinski definition) is 3. The van der Waals surface area contributed by atoms with Gasteiger partial charge in [-0.3, -0.25) is 4.79 Å². The van der Waals surface area contributed by atoms with E-state index in [-0.39, 0.29) is 11.9 Å². The molecular formula is C16H20BrN3O. The third-order valence-electron chi connectivity index (χ3n) is 4.03. The molecule has 2 heterocycles. The summed E-state index contributed by atoms with van der Waals surface area (Å²) < 4.78 is 1.05. The molecule has 0 bridgehead atoms. The number of carbonyl (C=O) groups is 1. The zero-order chi connectivity index (χ0) is 15.0. The lowest BCUT2D eigenvalue weighted by Gasteiger charge is -2.29. The highest BCUT2D eigenvalue weighted by molar-refractivity contribution is 9.10. The van der Waals surface area contributed by atoms with Crippen LogP contribution in [0.25, 0.3) is 0 Å². The van der Waals surface area contributed by atoms with Crippen molar-refractivity contribution < 1.29 is 4.79 Å². The molecule has 1 aromatic rings. The lowest BCUT2D eigenvalue weighted by Crippen LogP contribution is -2.29. The molecule has 4 nitrogen and oxygen atoms in total. The maximum absolute atomic E-state index is 12.1. The molecule has 21 heavy (non-hydrogen) atoms. The van der Waals surface area contributed by atoms with E-state index < -0.39 is 0 Å². The van der Waals surface area contributed by atoms with Crippen LogP contribution in [0.4, 0.5) is 11.4 Å². The number of hydrogen-bond donors (Lipinski definition) is 2. The molecular weight excluding hydrogens is 330 g/mol. The van der Waals surface area contributed by atoms with Crippen LogP contribution in [0.2, 0.25) is 0 Å². The van der Waals surface area contributed by atoms with Crippen LogP contribution in [-0.4, -0.2) is 25.5 Å². The molecule has 0 aromatic heterocycles. The summed E-state index contributed by atoms with van der Waals surface area (Å²) >= 11 is 3.68. The predicted octanol–water partition coefficient (Wildman–Crippen LogP) is 3.21. The summed E-state index contributed by atoms with van der Waals surface area (Å²) in [6, 6.07) is 3.93. The topological polar surface area (TPSA) is 44.4 Å². The van der Waals surface area contributed by atoms with E-state index in [1.807, 2.05) is 6.92 Å². The number of fused-ring (bicyclic) bond motifs is 1. The molecule has 5 heteroatoms. The lowest BCUT2D eigenvalue weighted by atomic mass is 10.1. The van der Waals surface area contributed by atoms with Crippen LogP contribution in [0.3, 0.4) is 0 Å². The molecule has 0 saturated carbocycles. The molecule has 1 unspecified atom stereocenters. The van der Waals surface area contributed by atoms with Crippen LogP contribution in [0, 0.1) is 0 Å². The molecule has 1 atom stereocenters. The molecule has 0 saturated heterocycles. The van der Waals surface area contributed by atoms with E-state index in [0.717, 1.165) is 47.5 Å². The van der Waals surface area contributed by atoms with E-state index in [9.17, 15) is 4.79 Å². The molecule has 0 spiro atoms. The first-order valence-corrected chi connectivity index (χ1v) is 8.17. The standard InChI is InChI=1S/C16H20BrN3O/c1-3-18-15-11-7-12(17)14(8-13(11)19-16(15)21)20-6-4-5-10(2)9-20/h5,7-8,15,18H,3-4,6,9H2,1-2H3,(H,19,21). The zero-order valence-corrected chi connectivity index (χ0v) is 14.0. The number of anilines is 2. The van der Waals surface area contributed by atoms with Gasteiger partial charge < -0.3 is 15.5 Å². The maximum atomic E-state index is 12.1. The van der Waals surface area contributed by atoms with Gasteiger partial charge in [-0.25, -0.2) is 0 Å². The third-order valence-corrected chi connectivity index (χ3v) is 4.67. The Bertz CT molecular complexity index is 612. The minimum atomic E-state index is -0.238. The minimum Gasteiger partial charge on any atom is -0.366 e. The highest BCUT2D eigenvalue weighted by Gasteiger charge is 2.31. The smallest absolute Gasteiger partial charge is 0.246 e. The van der Waals surface area contributed by atoms with E-state index >= 15 is 0 Å². The Morgan fingerprint density at radius 3 is 3.00 bits per heavy atom. The molecule has 3 rings (SSSR count). The number of carbonyl (C=O) groups excluding carboxylic acids is 1. The van der Waals surface area contributed by atoms with E-state index in [1.165, 1.54) is 5.57 Å². The Labute approximate surface area is 133 Å². The summed E-state index contributed by atoms with van der Waals surface area (Å²) in [5, 5.41) is 6.21. The summed E-state index contributed by atoms with van der Waals surface area (Å²) in [6.07, 6.45) is 3.36. The van der Waals surface area contributed by atoms with Gasteiger partial charge in [-0.1, -0.05) is 18.6 Å². The van der Waals surface area contributed by atoms with E-state index in [0.29, 0.717) is 0 Å². The second kappa shape index (κ2) is 5.81. The van der Waals surface area contributed by atoms with Crippen molar-refractivity contribution in [3.63, 3.8) is 0 Å². The van der Waals surface area contributed by atoms with Crippen LogP contribution in [0.5, 0.6) is 0 Å². The van der Waals surface area contributed by atoms with Gasteiger partial charge in [0.15, 0.2) is 0 Å². The van der Waals surface area contributed by atoms with Crippen molar-refractivity contribution in [3.8, 4) is 0 Å². The first-order chi connectivity index (χ1) is 10.1. The van der Waals surface area contributed by atoms with Crippen molar-refractivity contribution in [3.05, 3.63) is 33.8 Å². The largest absolute Gasteiger partial charge is 0.366 e. The number of likely N-dealkylation sites (N-methyl/N-ethyl adjacent to an activating group) is 1. The summed E-state index contributed by atoms with van der Waals surface area (Å²) in [5.74, 6) is 0.0330. The number of rotatable bonds is 3. The average molecular weight is 350 g/mol. The number of nitrogens with zero attached hydrogens (tertiary/aromatic N) is 1. The van der Waals surface area contributed by atoms with Crippen molar-refractivity contribution in [2.24, 2.45) is 0 Å². The van der Waals surface area contributed by atoms with E-state index in [4.69, 9.17) is 0 Å². The Morgan fingerprint density at radius 1 is 1.48 bits per heavy atom. The van der Waals surface area contributed by atoms with Gasteiger partial charge in [0, 0.05) is 28.8 Å². The highest BCUT2D eigenvalue weighted by atomic mass is 79.9.